The van der Waals surface area contributed by atoms with Crippen molar-refractivity contribution in [1.29, 1.82) is 0 Å². The molecule has 0 radical (unpaired) electrons. The quantitative estimate of drug-likeness (QED) is 0.510. The molecule has 0 spiro atoms. The Bertz CT molecular complexity index is 394. The molecule has 1 aliphatic carbocycles. The number of anilines is 1. The SMILES string of the molecule is O=[N+]([O-])c1ccc(N[C@H]2CCCC[C@@H]2Cl)cc1. The Morgan fingerprint density at radius 2 is 1.88 bits per heavy atom. The number of non-ortho nitro benzene ring substituents is 1. The number of nitro benzene ring substituents is 1. The highest BCUT2D eigenvalue weighted by atomic mass is 35.5. The van der Waals surface area contributed by atoms with E-state index >= 15 is 0 Å². The van der Waals surface area contributed by atoms with Crippen molar-refractivity contribution in [3.63, 3.8) is 0 Å². The molecule has 92 valence electrons. The maximum absolute atomic E-state index is 10.5. The Kier molecular flexibility index (Phi) is 3.84. The Morgan fingerprint density at radius 1 is 1.24 bits per heavy atom. The molecule has 0 unspecified atom stereocenters. The molecule has 4 nitrogen and oxygen atoms in total. The average Bonchev–Trinajstić information content (AvgIpc) is 2.33. The van der Waals surface area contributed by atoms with Crippen molar-refractivity contribution < 1.29 is 4.92 Å². The van der Waals surface area contributed by atoms with E-state index in [0.29, 0.717) is 0 Å². The van der Waals surface area contributed by atoms with Gasteiger partial charge in [0.25, 0.3) is 5.69 Å². The van der Waals surface area contributed by atoms with E-state index in [2.05, 4.69) is 5.32 Å². The van der Waals surface area contributed by atoms with Gasteiger partial charge in [0.2, 0.25) is 0 Å². The van der Waals surface area contributed by atoms with Crippen LogP contribution in [0.1, 0.15) is 25.7 Å². The Morgan fingerprint density at radius 3 is 2.47 bits per heavy atom. The molecule has 1 saturated carbocycles. The van der Waals surface area contributed by atoms with Crippen LogP contribution in [0.15, 0.2) is 24.3 Å². The van der Waals surface area contributed by atoms with Gasteiger partial charge >= 0.3 is 0 Å². The smallest absolute Gasteiger partial charge is 0.269 e. The molecule has 1 aliphatic rings. The van der Waals surface area contributed by atoms with Gasteiger partial charge in [0, 0.05) is 23.9 Å². The van der Waals surface area contributed by atoms with Crippen LogP contribution >= 0.6 is 11.6 Å². The lowest BCUT2D eigenvalue weighted by Gasteiger charge is -2.28. The number of nitrogens with zero attached hydrogens (tertiary/aromatic N) is 1. The second-order valence-electron chi connectivity index (χ2n) is 4.36. The molecule has 1 aromatic carbocycles. The summed E-state index contributed by atoms with van der Waals surface area (Å²) < 4.78 is 0. The molecule has 1 N–H and O–H groups in total. The minimum absolute atomic E-state index is 0.113. The van der Waals surface area contributed by atoms with Gasteiger partial charge in [-0.25, -0.2) is 0 Å². The van der Waals surface area contributed by atoms with Gasteiger partial charge in [-0.3, -0.25) is 10.1 Å². The lowest BCUT2D eigenvalue weighted by Crippen LogP contribution is -2.32. The van der Waals surface area contributed by atoms with Crippen LogP contribution in [0.3, 0.4) is 0 Å². The summed E-state index contributed by atoms with van der Waals surface area (Å²) >= 11 is 6.24. The van der Waals surface area contributed by atoms with Gasteiger partial charge in [-0.1, -0.05) is 12.8 Å². The van der Waals surface area contributed by atoms with Gasteiger partial charge < -0.3 is 5.32 Å². The normalized spacial score (nSPS) is 24.3. The number of rotatable bonds is 3. The van der Waals surface area contributed by atoms with Crippen molar-refractivity contribution >= 4 is 23.0 Å². The summed E-state index contributed by atoms with van der Waals surface area (Å²) in [4.78, 5) is 10.1. The van der Waals surface area contributed by atoms with E-state index in [1.54, 1.807) is 12.1 Å². The summed E-state index contributed by atoms with van der Waals surface area (Å²) in [7, 11) is 0. The Balaban J connectivity index is 2.00. The zero-order chi connectivity index (χ0) is 12.3. The molecule has 2 atom stereocenters. The van der Waals surface area contributed by atoms with Crippen LogP contribution in [0.2, 0.25) is 0 Å². The summed E-state index contributed by atoms with van der Waals surface area (Å²) in [6.07, 6.45) is 4.47. The van der Waals surface area contributed by atoms with Crippen molar-refractivity contribution in [3.05, 3.63) is 34.4 Å². The molecule has 1 aromatic rings. The van der Waals surface area contributed by atoms with Crippen LogP contribution < -0.4 is 5.32 Å². The number of nitrogens with one attached hydrogen (secondary N) is 1. The van der Waals surface area contributed by atoms with Crippen LogP contribution in [0.4, 0.5) is 11.4 Å². The second-order valence-corrected chi connectivity index (χ2v) is 4.92. The van der Waals surface area contributed by atoms with Gasteiger partial charge in [0.05, 0.1) is 10.3 Å². The first-order valence-corrected chi connectivity index (χ1v) is 6.25. The predicted molar refractivity (Wildman–Crippen MR) is 68.6 cm³/mol. The fourth-order valence-electron chi connectivity index (χ4n) is 2.14. The molecule has 0 saturated heterocycles. The second kappa shape index (κ2) is 5.36. The molecule has 0 bridgehead atoms. The van der Waals surface area contributed by atoms with Crippen molar-refractivity contribution in [2.24, 2.45) is 0 Å². The van der Waals surface area contributed by atoms with E-state index in [9.17, 15) is 10.1 Å². The number of halogens is 1. The minimum atomic E-state index is -0.394. The first-order chi connectivity index (χ1) is 8.16. The highest BCUT2D eigenvalue weighted by Crippen LogP contribution is 2.26. The fraction of sp³-hybridized carbons (Fsp3) is 0.500. The molecule has 0 aromatic heterocycles. The van der Waals surface area contributed by atoms with Gasteiger partial charge in [-0.2, -0.15) is 0 Å². The molecular weight excluding hydrogens is 240 g/mol. The van der Waals surface area contributed by atoms with Gasteiger partial charge in [-0.15, -0.1) is 11.6 Å². The average molecular weight is 255 g/mol. The molecule has 0 aliphatic heterocycles. The largest absolute Gasteiger partial charge is 0.381 e. The van der Waals surface area contributed by atoms with E-state index in [1.807, 2.05) is 0 Å². The first-order valence-electron chi connectivity index (χ1n) is 5.82. The number of benzene rings is 1. The Labute approximate surface area is 105 Å². The van der Waals surface area contributed by atoms with Crippen molar-refractivity contribution in [2.45, 2.75) is 37.1 Å². The van der Waals surface area contributed by atoms with Crippen LogP contribution in [-0.4, -0.2) is 16.3 Å². The number of hydrogen-bond donors (Lipinski definition) is 1. The third kappa shape index (κ3) is 3.09. The minimum Gasteiger partial charge on any atom is -0.381 e. The van der Waals surface area contributed by atoms with Crippen molar-refractivity contribution in [3.8, 4) is 0 Å². The predicted octanol–water partition coefficient (Wildman–Crippen LogP) is 3.56. The van der Waals surface area contributed by atoms with E-state index < -0.39 is 4.92 Å². The molecule has 17 heavy (non-hydrogen) atoms. The molecule has 1 fully saturated rings. The van der Waals surface area contributed by atoms with Gasteiger partial charge in [0.1, 0.15) is 0 Å². The molecule has 5 heteroatoms. The van der Waals surface area contributed by atoms with Gasteiger partial charge in [-0.05, 0) is 25.0 Å². The van der Waals surface area contributed by atoms with Crippen molar-refractivity contribution in [1.82, 2.24) is 0 Å². The summed E-state index contributed by atoms with van der Waals surface area (Å²) in [6.45, 7) is 0. The van der Waals surface area contributed by atoms with Crippen LogP contribution in [-0.2, 0) is 0 Å². The monoisotopic (exact) mass is 254 g/mol. The van der Waals surface area contributed by atoms with E-state index in [4.69, 9.17) is 11.6 Å². The zero-order valence-electron chi connectivity index (χ0n) is 9.43. The fourth-order valence-corrected chi connectivity index (χ4v) is 2.48. The third-order valence-corrected chi connectivity index (χ3v) is 3.63. The maximum atomic E-state index is 10.5. The topological polar surface area (TPSA) is 55.2 Å². The van der Waals surface area contributed by atoms with Crippen LogP contribution in [0.25, 0.3) is 0 Å². The standard InChI is InChI=1S/C12H15ClN2O2/c13-11-3-1-2-4-12(11)14-9-5-7-10(8-6-9)15(16)17/h5-8,11-12,14H,1-4H2/t11-,12-/m0/s1. The van der Waals surface area contributed by atoms with E-state index in [-0.39, 0.29) is 17.1 Å². The Hall–Kier alpha value is -1.29. The van der Waals surface area contributed by atoms with E-state index in [1.165, 1.54) is 25.0 Å². The van der Waals surface area contributed by atoms with Gasteiger partial charge in [0.15, 0.2) is 0 Å². The van der Waals surface area contributed by atoms with Crippen LogP contribution in [0, 0.1) is 10.1 Å². The summed E-state index contributed by atoms with van der Waals surface area (Å²) in [5.74, 6) is 0. The number of nitro groups is 1. The molecule has 0 amide bonds. The van der Waals surface area contributed by atoms with Crippen LogP contribution in [0.5, 0.6) is 0 Å². The summed E-state index contributed by atoms with van der Waals surface area (Å²) in [5.41, 5.74) is 1.01. The molecular formula is C12H15ClN2O2. The first kappa shape index (κ1) is 12.2. The highest BCUT2D eigenvalue weighted by Gasteiger charge is 2.22. The van der Waals surface area contributed by atoms with Crippen molar-refractivity contribution in [2.75, 3.05) is 5.32 Å². The lowest BCUT2D eigenvalue weighted by atomic mass is 9.95. The zero-order valence-corrected chi connectivity index (χ0v) is 10.2. The summed E-state index contributed by atoms with van der Waals surface area (Å²) in [5, 5.41) is 14.0. The lowest BCUT2D eigenvalue weighted by molar-refractivity contribution is -0.384. The molecule has 0 heterocycles. The maximum Gasteiger partial charge on any atom is 0.269 e. The molecule has 2 rings (SSSR count). The van der Waals surface area contributed by atoms with E-state index in [0.717, 1.165) is 18.5 Å². The highest BCUT2D eigenvalue weighted by molar-refractivity contribution is 6.21. The third-order valence-electron chi connectivity index (χ3n) is 3.11. The number of alkyl halides is 1. The summed E-state index contributed by atoms with van der Waals surface area (Å²) in [6, 6.07) is 6.75. The number of hydrogen-bond acceptors (Lipinski definition) is 3.